The number of halogens is 2. The van der Waals surface area contributed by atoms with Crippen LogP contribution in [0.25, 0.3) is 5.70 Å². The molecular formula is C13H11BrFN. The van der Waals surface area contributed by atoms with Gasteiger partial charge in [-0.15, -0.1) is 0 Å². The van der Waals surface area contributed by atoms with Crippen LogP contribution in [0, 0.1) is 5.82 Å². The van der Waals surface area contributed by atoms with Crippen molar-refractivity contribution in [3.05, 3.63) is 64.6 Å². The molecule has 2 rings (SSSR count). The van der Waals surface area contributed by atoms with E-state index in [-0.39, 0.29) is 5.82 Å². The molecule has 3 heteroatoms. The zero-order chi connectivity index (χ0) is 11.7. The highest BCUT2D eigenvalue weighted by molar-refractivity contribution is 9.10. The molecule has 0 amide bonds. The Kier molecular flexibility index (Phi) is 2.97. The summed E-state index contributed by atoms with van der Waals surface area (Å²) in [7, 11) is 1.94. The second-order valence-electron chi connectivity index (χ2n) is 3.59. The highest BCUT2D eigenvalue weighted by Crippen LogP contribution is 2.30. The third kappa shape index (κ3) is 1.95. The van der Waals surface area contributed by atoms with Crippen molar-refractivity contribution in [1.82, 2.24) is 4.90 Å². The van der Waals surface area contributed by atoms with Crippen LogP contribution in [0.1, 0.15) is 5.56 Å². The maximum Gasteiger partial charge on any atom is 0.124 e. The Morgan fingerprint density at radius 2 is 2.12 bits per heavy atom. The first-order chi connectivity index (χ1) is 7.59. The van der Waals surface area contributed by atoms with Gasteiger partial charge in [0.1, 0.15) is 5.82 Å². The summed E-state index contributed by atoms with van der Waals surface area (Å²) in [4.78, 5) is 1.97. The van der Waals surface area contributed by atoms with E-state index in [4.69, 9.17) is 0 Å². The van der Waals surface area contributed by atoms with Gasteiger partial charge in [0.05, 0.1) is 0 Å². The van der Waals surface area contributed by atoms with E-state index in [0.29, 0.717) is 0 Å². The van der Waals surface area contributed by atoms with Gasteiger partial charge in [-0.1, -0.05) is 12.7 Å². The number of allylic oxidation sites excluding steroid dienone is 3. The number of hydrogen-bond acceptors (Lipinski definition) is 1. The molecule has 0 saturated carbocycles. The van der Waals surface area contributed by atoms with Gasteiger partial charge in [-0.2, -0.15) is 0 Å². The Morgan fingerprint density at radius 3 is 2.81 bits per heavy atom. The van der Waals surface area contributed by atoms with Gasteiger partial charge in [-0.3, -0.25) is 0 Å². The van der Waals surface area contributed by atoms with Crippen molar-refractivity contribution in [2.45, 2.75) is 0 Å². The van der Waals surface area contributed by atoms with E-state index in [0.717, 1.165) is 21.4 Å². The van der Waals surface area contributed by atoms with E-state index in [2.05, 4.69) is 22.5 Å². The Labute approximate surface area is 103 Å². The van der Waals surface area contributed by atoms with Gasteiger partial charge in [-0.25, -0.2) is 4.39 Å². The molecule has 0 unspecified atom stereocenters. The summed E-state index contributed by atoms with van der Waals surface area (Å²) in [6, 6.07) is 4.68. The van der Waals surface area contributed by atoms with E-state index in [1.165, 1.54) is 12.1 Å². The molecule has 1 nitrogen and oxygen atoms in total. The third-order valence-electron chi connectivity index (χ3n) is 2.54. The lowest BCUT2D eigenvalue weighted by molar-refractivity contribution is 0.611. The highest BCUT2D eigenvalue weighted by Gasteiger charge is 2.14. The molecule has 16 heavy (non-hydrogen) atoms. The van der Waals surface area contributed by atoms with Gasteiger partial charge in [-0.05, 0) is 46.3 Å². The monoisotopic (exact) mass is 279 g/mol. The van der Waals surface area contributed by atoms with Crippen molar-refractivity contribution < 1.29 is 4.39 Å². The van der Waals surface area contributed by atoms with Crippen LogP contribution < -0.4 is 0 Å². The number of likely N-dealkylation sites (N-methyl/N-ethyl adjacent to an activating group) is 1. The molecule has 0 radical (unpaired) electrons. The van der Waals surface area contributed by atoms with Crippen molar-refractivity contribution in [3.63, 3.8) is 0 Å². The van der Waals surface area contributed by atoms with Crippen LogP contribution in [0.5, 0.6) is 0 Å². The van der Waals surface area contributed by atoms with E-state index < -0.39 is 0 Å². The molecule has 0 atom stereocenters. The lowest BCUT2D eigenvalue weighted by atomic mass is 10.1. The molecule has 0 N–H and O–H groups in total. The fraction of sp³-hybridized carbons (Fsp3) is 0.0769. The highest BCUT2D eigenvalue weighted by atomic mass is 79.9. The number of nitrogens with zero attached hydrogens (tertiary/aromatic N) is 1. The SMILES string of the molecule is C=C1C=CC=C(c2ccc(F)cc2Br)N1C. The van der Waals surface area contributed by atoms with Crippen molar-refractivity contribution >= 4 is 21.6 Å². The number of hydrogen-bond donors (Lipinski definition) is 0. The summed E-state index contributed by atoms with van der Waals surface area (Å²) in [5, 5.41) is 0. The van der Waals surface area contributed by atoms with Crippen LogP contribution in [-0.4, -0.2) is 11.9 Å². The minimum absolute atomic E-state index is 0.246. The fourth-order valence-corrected chi connectivity index (χ4v) is 2.15. The summed E-state index contributed by atoms with van der Waals surface area (Å²) >= 11 is 3.37. The summed E-state index contributed by atoms with van der Waals surface area (Å²) in [5.41, 5.74) is 2.86. The van der Waals surface area contributed by atoms with Crippen molar-refractivity contribution in [3.8, 4) is 0 Å². The fourth-order valence-electron chi connectivity index (χ4n) is 1.60. The molecule has 1 aliphatic rings. The Bertz CT molecular complexity index is 503. The average Bonchev–Trinajstić information content (AvgIpc) is 2.23. The molecule has 0 aliphatic carbocycles. The van der Waals surface area contributed by atoms with Crippen LogP contribution in [0.2, 0.25) is 0 Å². The topological polar surface area (TPSA) is 3.24 Å². The third-order valence-corrected chi connectivity index (χ3v) is 3.20. The maximum absolute atomic E-state index is 13.0. The largest absolute Gasteiger partial charge is 0.345 e. The summed E-state index contributed by atoms with van der Waals surface area (Å²) in [5.74, 6) is -0.246. The van der Waals surface area contributed by atoms with Gasteiger partial charge in [0.15, 0.2) is 0 Å². The predicted molar refractivity (Wildman–Crippen MR) is 68.1 cm³/mol. The molecule has 0 bridgehead atoms. The van der Waals surface area contributed by atoms with Crippen molar-refractivity contribution in [2.24, 2.45) is 0 Å². The standard InChI is InChI=1S/C13H11BrFN/c1-9-4-3-5-13(16(9)2)11-7-6-10(15)8-12(11)14/h3-8H,1H2,2H3. The van der Waals surface area contributed by atoms with Crippen molar-refractivity contribution in [2.75, 3.05) is 7.05 Å². The molecule has 0 aromatic heterocycles. The van der Waals surface area contributed by atoms with Crippen molar-refractivity contribution in [1.29, 1.82) is 0 Å². The molecule has 0 spiro atoms. The van der Waals surface area contributed by atoms with Crippen LogP contribution >= 0.6 is 15.9 Å². The van der Waals surface area contributed by atoms with Gasteiger partial charge < -0.3 is 4.90 Å². The maximum atomic E-state index is 13.0. The van der Waals surface area contributed by atoms with Gasteiger partial charge in [0.2, 0.25) is 0 Å². The van der Waals surface area contributed by atoms with E-state index >= 15 is 0 Å². The molecule has 1 heterocycles. The first-order valence-corrected chi connectivity index (χ1v) is 5.65. The van der Waals surface area contributed by atoms with Gasteiger partial charge in [0.25, 0.3) is 0 Å². The minimum atomic E-state index is -0.246. The smallest absolute Gasteiger partial charge is 0.124 e. The molecule has 1 aromatic rings. The number of benzene rings is 1. The summed E-state index contributed by atoms with van der Waals surface area (Å²) in [6.07, 6.45) is 5.85. The predicted octanol–water partition coefficient (Wildman–Crippen LogP) is 3.94. The average molecular weight is 280 g/mol. The minimum Gasteiger partial charge on any atom is -0.345 e. The van der Waals surface area contributed by atoms with E-state index in [1.54, 1.807) is 6.07 Å². The quantitative estimate of drug-likeness (QED) is 0.753. The van der Waals surface area contributed by atoms with Gasteiger partial charge in [0, 0.05) is 28.5 Å². The molecular weight excluding hydrogens is 269 g/mol. The summed E-state index contributed by atoms with van der Waals surface area (Å²) in [6.45, 7) is 3.93. The second-order valence-corrected chi connectivity index (χ2v) is 4.44. The number of rotatable bonds is 1. The Hall–Kier alpha value is -1.35. The first kappa shape index (κ1) is 11.1. The molecule has 1 aromatic carbocycles. The lowest BCUT2D eigenvalue weighted by Crippen LogP contribution is -2.16. The molecule has 0 fully saturated rings. The Balaban J connectivity index is 2.48. The first-order valence-electron chi connectivity index (χ1n) is 4.86. The Morgan fingerprint density at radius 1 is 1.38 bits per heavy atom. The zero-order valence-electron chi connectivity index (χ0n) is 8.87. The van der Waals surface area contributed by atoms with Crippen LogP contribution in [0.15, 0.2) is 53.2 Å². The molecule has 1 aliphatic heterocycles. The lowest BCUT2D eigenvalue weighted by Gasteiger charge is -2.26. The van der Waals surface area contributed by atoms with Crippen LogP contribution in [-0.2, 0) is 0 Å². The zero-order valence-corrected chi connectivity index (χ0v) is 10.5. The van der Waals surface area contributed by atoms with Crippen LogP contribution in [0.4, 0.5) is 4.39 Å². The molecule has 82 valence electrons. The molecule has 0 saturated heterocycles. The second kappa shape index (κ2) is 4.26. The summed E-state index contributed by atoms with van der Waals surface area (Å²) < 4.78 is 13.7. The van der Waals surface area contributed by atoms with E-state index in [9.17, 15) is 4.39 Å². The van der Waals surface area contributed by atoms with Crippen LogP contribution in [0.3, 0.4) is 0 Å². The van der Waals surface area contributed by atoms with E-state index in [1.807, 2.05) is 30.2 Å². The van der Waals surface area contributed by atoms with Gasteiger partial charge >= 0.3 is 0 Å². The normalized spacial score (nSPS) is 15.3.